The van der Waals surface area contributed by atoms with Gasteiger partial charge in [-0.3, -0.25) is 0 Å². The number of benzene rings is 3. The number of phenols is 1. The molecule has 0 saturated heterocycles. The van der Waals surface area contributed by atoms with Gasteiger partial charge >= 0.3 is 0 Å². The highest BCUT2D eigenvalue weighted by Crippen LogP contribution is 2.42. The third-order valence-electron chi connectivity index (χ3n) is 4.14. The third-order valence-corrected chi connectivity index (χ3v) is 5.04. The molecule has 0 unspecified atom stereocenters. The van der Waals surface area contributed by atoms with Gasteiger partial charge in [-0.05, 0) is 42.0 Å². The monoisotopic (exact) mass is 378 g/mol. The van der Waals surface area contributed by atoms with Crippen LogP contribution >= 0.6 is 11.8 Å². The number of phenolic OH excluding ortho intramolecular Hbond substituents is 1. The van der Waals surface area contributed by atoms with Gasteiger partial charge in [-0.1, -0.05) is 42.1 Å². The van der Waals surface area contributed by atoms with Crippen LogP contribution in [0, 0.1) is 0 Å². The highest BCUT2D eigenvalue weighted by atomic mass is 32.2. The number of thioether (sulfide) groups is 1. The molecule has 0 fully saturated rings. The summed E-state index contributed by atoms with van der Waals surface area (Å²) < 4.78 is 17.0. The fraction of sp³-hybridized carbons (Fsp3) is 0.0909. The molecule has 1 aliphatic heterocycles. The first kappa shape index (κ1) is 17.4. The number of rotatable bonds is 5. The second-order valence-corrected chi connectivity index (χ2v) is 6.88. The lowest BCUT2D eigenvalue weighted by Crippen LogP contribution is -2.01. The normalized spacial score (nSPS) is 12.6. The van der Waals surface area contributed by atoms with Crippen LogP contribution in [0.15, 0.2) is 77.0 Å². The van der Waals surface area contributed by atoms with Gasteiger partial charge in [0.15, 0.2) is 11.5 Å². The number of ether oxygens (including phenoxy) is 3. The zero-order chi connectivity index (χ0) is 18.6. The van der Waals surface area contributed by atoms with Gasteiger partial charge in [0.1, 0.15) is 23.9 Å². The molecule has 0 radical (unpaired) electrons. The van der Waals surface area contributed by atoms with Gasteiger partial charge in [0.2, 0.25) is 0 Å². The third kappa shape index (κ3) is 3.88. The molecule has 0 bridgehead atoms. The number of fused-ring (bicyclic) bond motifs is 1. The maximum atomic E-state index is 9.98. The molecule has 3 aromatic carbocycles. The first-order chi connectivity index (χ1) is 13.2. The fourth-order valence-corrected chi connectivity index (χ4v) is 3.55. The summed E-state index contributed by atoms with van der Waals surface area (Å²) in [6.45, 7) is 0.525. The molecule has 4 nitrogen and oxygen atoms in total. The Labute approximate surface area is 162 Å². The van der Waals surface area contributed by atoms with Crippen molar-refractivity contribution in [2.75, 3.05) is 7.11 Å². The SMILES string of the molecule is COc1ccc(C2=CSc3cc(OCc4ccccc4)ccc3O2)cc1O. The topological polar surface area (TPSA) is 47.9 Å². The molecule has 1 N–H and O–H groups in total. The first-order valence-electron chi connectivity index (χ1n) is 8.46. The van der Waals surface area contributed by atoms with Crippen molar-refractivity contribution in [1.29, 1.82) is 0 Å². The molecule has 0 saturated carbocycles. The molecule has 136 valence electrons. The molecule has 0 spiro atoms. The van der Waals surface area contributed by atoms with E-state index in [2.05, 4.69) is 0 Å². The second kappa shape index (κ2) is 7.68. The second-order valence-electron chi connectivity index (χ2n) is 5.97. The lowest BCUT2D eigenvalue weighted by molar-refractivity contribution is 0.305. The van der Waals surface area contributed by atoms with Crippen molar-refractivity contribution >= 4 is 17.5 Å². The molecule has 3 aromatic rings. The molecule has 27 heavy (non-hydrogen) atoms. The Balaban J connectivity index is 1.48. The van der Waals surface area contributed by atoms with E-state index in [4.69, 9.17) is 14.2 Å². The van der Waals surface area contributed by atoms with E-state index in [0.717, 1.165) is 27.5 Å². The van der Waals surface area contributed by atoms with E-state index in [9.17, 15) is 5.11 Å². The van der Waals surface area contributed by atoms with Crippen molar-refractivity contribution in [3.8, 4) is 23.0 Å². The summed E-state index contributed by atoms with van der Waals surface area (Å²) in [5.41, 5.74) is 1.91. The minimum absolute atomic E-state index is 0.0833. The standard InChI is InChI=1S/C22H18O4S/c1-24-19-9-7-16(11-18(19)23)21-14-27-22-12-17(8-10-20(22)26-21)25-13-15-5-3-2-4-6-15/h2-12,14,23H,13H2,1H3. The van der Waals surface area contributed by atoms with E-state index in [1.807, 2.05) is 60.0 Å². The molecule has 4 rings (SSSR count). The predicted octanol–water partition coefficient (Wildman–Crippen LogP) is 5.46. The molecular weight excluding hydrogens is 360 g/mol. The highest BCUT2D eigenvalue weighted by molar-refractivity contribution is 8.02. The molecule has 5 heteroatoms. The van der Waals surface area contributed by atoms with Gasteiger partial charge in [-0.25, -0.2) is 0 Å². The number of methoxy groups -OCH3 is 1. The van der Waals surface area contributed by atoms with E-state index in [1.165, 1.54) is 7.11 Å². The van der Waals surface area contributed by atoms with E-state index in [-0.39, 0.29) is 5.75 Å². The van der Waals surface area contributed by atoms with Gasteiger partial charge in [0.05, 0.1) is 12.0 Å². The minimum Gasteiger partial charge on any atom is -0.504 e. The van der Waals surface area contributed by atoms with Gasteiger partial charge in [0.25, 0.3) is 0 Å². The van der Waals surface area contributed by atoms with E-state index in [1.54, 1.807) is 23.9 Å². The Kier molecular flexibility index (Phi) is 4.94. The number of aromatic hydroxyl groups is 1. The average Bonchev–Trinajstić information content (AvgIpc) is 2.72. The predicted molar refractivity (Wildman–Crippen MR) is 106 cm³/mol. The number of hydrogen-bond acceptors (Lipinski definition) is 5. The van der Waals surface area contributed by atoms with Crippen LogP contribution in [0.3, 0.4) is 0 Å². The Morgan fingerprint density at radius 3 is 2.63 bits per heavy atom. The quantitative estimate of drug-likeness (QED) is 0.638. The average molecular weight is 378 g/mol. The lowest BCUT2D eigenvalue weighted by Gasteiger charge is -2.19. The molecule has 1 aliphatic rings. The van der Waals surface area contributed by atoms with E-state index < -0.39 is 0 Å². The zero-order valence-electron chi connectivity index (χ0n) is 14.7. The van der Waals surface area contributed by atoms with E-state index in [0.29, 0.717) is 18.1 Å². The Morgan fingerprint density at radius 2 is 1.85 bits per heavy atom. The highest BCUT2D eigenvalue weighted by Gasteiger charge is 2.17. The molecule has 1 heterocycles. The maximum absolute atomic E-state index is 9.98. The van der Waals surface area contributed by atoms with Crippen LogP contribution < -0.4 is 14.2 Å². The van der Waals surface area contributed by atoms with Crippen molar-refractivity contribution in [3.63, 3.8) is 0 Å². The summed E-state index contributed by atoms with van der Waals surface area (Å²) >= 11 is 1.56. The van der Waals surface area contributed by atoms with Crippen molar-refractivity contribution in [3.05, 3.63) is 83.3 Å². The molecule has 0 aliphatic carbocycles. The van der Waals surface area contributed by atoms with Crippen LogP contribution in [-0.4, -0.2) is 12.2 Å². The molecule has 0 atom stereocenters. The van der Waals surface area contributed by atoms with Crippen LogP contribution in [0.4, 0.5) is 0 Å². The van der Waals surface area contributed by atoms with Crippen LogP contribution in [0.25, 0.3) is 5.76 Å². The summed E-state index contributed by atoms with van der Waals surface area (Å²) in [4.78, 5) is 0.988. The smallest absolute Gasteiger partial charge is 0.160 e. The summed E-state index contributed by atoms with van der Waals surface area (Å²) in [6.07, 6.45) is 0. The molecular formula is C22H18O4S. The van der Waals surface area contributed by atoms with Crippen molar-refractivity contribution < 1.29 is 19.3 Å². The van der Waals surface area contributed by atoms with Crippen LogP contribution in [0.1, 0.15) is 11.1 Å². The lowest BCUT2D eigenvalue weighted by atomic mass is 10.1. The van der Waals surface area contributed by atoms with Gasteiger partial charge in [-0.15, -0.1) is 0 Å². The van der Waals surface area contributed by atoms with Gasteiger partial charge in [0, 0.05) is 11.0 Å². The van der Waals surface area contributed by atoms with Crippen molar-refractivity contribution in [1.82, 2.24) is 0 Å². The number of hydrogen-bond donors (Lipinski definition) is 1. The van der Waals surface area contributed by atoms with Crippen molar-refractivity contribution in [2.24, 2.45) is 0 Å². The van der Waals surface area contributed by atoms with Crippen molar-refractivity contribution in [2.45, 2.75) is 11.5 Å². The molecule has 0 amide bonds. The Hall–Kier alpha value is -3.05. The Bertz CT molecular complexity index is 983. The van der Waals surface area contributed by atoms with Gasteiger partial charge < -0.3 is 19.3 Å². The van der Waals surface area contributed by atoms with Crippen LogP contribution in [0.5, 0.6) is 23.0 Å². The summed E-state index contributed by atoms with van der Waals surface area (Å²) in [6, 6.07) is 21.0. The first-order valence-corrected chi connectivity index (χ1v) is 9.34. The molecule has 0 aromatic heterocycles. The van der Waals surface area contributed by atoms with E-state index >= 15 is 0 Å². The van der Waals surface area contributed by atoms with Crippen LogP contribution in [0.2, 0.25) is 0 Å². The minimum atomic E-state index is 0.0833. The maximum Gasteiger partial charge on any atom is 0.160 e. The Morgan fingerprint density at radius 1 is 1.00 bits per heavy atom. The van der Waals surface area contributed by atoms with Gasteiger partial charge in [-0.2, -0.15) is 0 Å². The summed E-state index contributed by atoms with van der Waals surface area (Å²) in [7, 11) is 1.52. The summed E-state index contributed by atoms with van der Waals surface area (Å²) in [5, 5.41) is 11.9. The van der Waals surface area contributed by atoms with Crippen LogP contribution in [-0.2, 0) is 6.61 Å². The fourth-order valence-electron chi connectivity index (χ4n) is 2.73. The summed E-state index contributed by atoms with van der Waals surface area (Å²) in [5.74, 6) is 2.76. The zero-order valence-corrected chi connectivity index (χ0v) is 15.5. The largest absolute Gasteiger partial charge is 0.504 e.